The Labute approximate surface area is 155 Å². The summed E-state index contributed by atoms with van der Waals surface area (Å²) in [6.45, 7) is 2.46. The van der Waals surface area contributed by atoms with Gasteiger partial charge >= 0.3 is 0 Å². The van der Waals surface area contributed by atoms with Gasteiger partial charge in [-0.05, 0) is 48.5 Å². The van der Waals surface area contributed by atoms with Crippen LogP contribution in [0.1, 0.15) is 10.4 Å². The summed E-state index contributed by atoms with van der Waals surface area (Å²) in [6, 6.07) is 12.3. The minimum absolute atomic E-state index is 0.109. The molecular weight excluding hydrogens is 350 g/mol. The molecule has 5 nitrogen and oxygen atoms in total. The molecule has 0 atom stereocenters. The minimum Gasteiger partial charge on any atom is -0.368 e. The molecule has 7 heteroatoms. The number of aromatic nitrogens is 2. The van der Waals surface area contributed by atoms with Gasteiger partial charge in [-0.2, -0.15) is 5.10 Å². The monoisotopic (exact) mass is 368 g/mol. The highest BCUT2D eigenvalue weighted by Crippen LogP contribution is 2.24. The summed E-state index contributed by atoms with van der Waals surface area (Å²) in [5, 5.41) is 6.83. The van der Waals surface area contributed by atoms with Gasteiger partial charge in [-0.1, -0.05) is 0 Å². The Morgan fingerprint density at radius 1 is 0.889 bits per heavy atom. The number of aromatic amines is 1. The summed E-state index contributed by atoms with van der Waals surface area (Å²) in [5.74, 6) is -0.703. The zero-order valence-corrected chi connectivity index (χ0v) is 14.5. The lowest BCUT2D eigenvalue weighted by Crippen LogP contribution is -2.48. The summed E-state index contributed by atoms with van der Waals surface area (Å²) < 4.78 is 26.2. The molecule has 4 rings (SSSR count). The number of hydrogen-bond acceptors (Lipinski definition) is 3. The molecule has 27 heavy (non-hydrogen) atoms. The predicted molar refractivity (Wildman–Crippen MR) is 98.5 cm³/mol. The highest BCUT2D eigenvalue weighted by atomic mass is 19.1. The first-order valence-corrected chi connectivity index (χ1v) is 8.71. The van der Waals surface area contributed by atoms with Gasteiger partial charge in [0.2, 0.25) is 0 Å². The van der Waals surface area contributed by atoms with E-state index in [4.69, 9.17) is 0 Å². The van der Waals surface area contributed by atoms with E-state index in [1.165, 1.54) is 30.5 Å². The van der Waals surface area contributed by atoms with Gasteiger partial charge in [0.05, 0.1) is 17.5 Å². The number of nitrogens with zero attached hydrogens (tertiary/aromatic N) is 3. The molecule has 2 heterocycles. The molecule has 0 radical (unpaired) electrons. The first-order valence-electron chi connectivity index (χ1n) is 8.71. The van der Waals surface area contributed by atoms with Crippen LogP contribution in [-0.2, 0) is 0 Å². The number of piperazine rings is 1. The Morgan fingerprint density at radius 2 is 1.48 bits per heavy atom. The Kier molecular flexibility index (Phi) is 4.58. The van der Waals surface area contributed by atoms with E-state index in [0.29, 0.717) is 43.0 Å². The third-order valence-electron chi connectivity index (χ3n) is 4.76. The normalized spacial score (nSPS) is 14.4. The van der Waals surface area contributed by atoms with Gasteiger partial charge in [-0.25, -0.2) is 8.78 Å². The maximum Gasteiger partial charge on any atom is 0.257 e. The van der Waals surface area contributed by atoms with Crippen molar-refractivity contribution >= 4 is 11.6 Å². The number of halogens is 2. The SMILES string of the molecule is O=C(c1cn[nH]c1-c1ccc(F)cc1)N1CCN(c2ccc(F)cc2)CC1. The zero-order chi connectivity index (χ0) is 18.8. The van der Waals surface area contributed by atoms with E-state index >= 15 is 0 Å². The van der Waals surface area contributed by atoms with Crippen LogP contribution in [0.2, 0.25) is 0 Å². The van der Waals surface area contributed by atoms with Crippen molar-refractivity contribution in [2.75, 3.05) is 31.1 Å². The van der Waals surface area contributed by atoms with Crippen LogP contribution in [0, 0.1) is 11.6 Å². The molecule has 0 aliphatic carbocycles. The molecule has 1 aliphatic rings. The van der Waals surface area contributed by atoms with E-state index in [-0.39, 0.29) is 17.5 Å². The van der Waals surface area contributed by atoms with E-state index in [2.05, 4.69) is 15.1 Å². The van der Waals surface area contributed by atoms with Crippen molar-refractivity contribution in [2.45, 2.75) is 0 Å². The van der Waals surface area contributed by atoms with E-state index in [1.807, 2.05) is 0 Å². The largest absolute Gasteiger partial charge is 0.368 e. The highest BCUT2D eigenvalue weighted by molar-refractivity contribution is 5.99. The Morgan fingerprint density at radius 3 is 2.11 bits per heavy atom. The lowest BCUT2D eigenvalue weighted by atomic mass is 10.1. The van der Waals surface area contributed by atoms with Crippen molar-refractivity contribution in [3.05, 3.63) is 71.9 Å². The number of amides is 1. The second-order valence-corrected chi connectivity index (χ2v) is 6.42. The van der Waals surface area contributed by atoms with Gasteiger partial charge in [0.15, 0.2) is 0 Å². The van der Waals surface area contributed by atoms with Gasteiger partial charge in [0.1, 0.15) is 11.6 Å². The van der Waals surface area contributed by atoms with Crippen LogP contribution in [0.15, 0.2) is 54.7 Å². The molecule has 1 N–H and O–H groups in total. The molecule has 0 bridgehead atoms. The average molecular weight is 368 g/mol. The number of anilines is 1. The molecule has 1 amide bonds. The van der Waals surface area contributed by atoms with E-state index in [1.54, 1.807) is 29.2 Å². The zero-order valence-electron chi connectivity index (χ0n) is 14.5. The van der Waals surface area contributed by atoms with Gasteiger partial charge in [-0.15, -0.1) is 0 Å². The van der Waals surface area contributed by atoms with Gasteiger partial charge in [-0.3, -0.25) is 9.89 Å². The third kappa shape index (κ3) is 3.53. The minimum atomic E-state index is -0.331. The van der Waals surface area contributed by atoms with E-state index < -0.39 is 0 Å². The van der Waals surface area contributed by atoms with Crippen LogP contribution in [0.3, 0.4) is 0 Å². The average Bonchev–Trinajstić information content (AvgIpc) is 3.18. The molecule has 1 fully saturated rings. The summed E-state index contributed by atoms with van der Waals surface area (Å²) >= 11 is 0. The summed E-state index contributed by atoms with van der Waals surface area (Å²) in [6.07, 6.45) is 1.51. The first-order chi connectivity index (χ1) is 13.1. The number of nitrogens with one attached hydrogen (secondary N) is 1. The van der Waals surface area contributed by atoms with Gasteiger partial charge in [0.25, 0.3) is 5.91 Å². The van der Waals surface area contributed by atoms with Crippen molar-refractivity contribution in [2.24, 2.45) is 0 Å². The van der Waals surface area contributed by atoms with Crippen LogP contribution in [0.5, 0.6) is 0 Å². The lowest BCUT2D eigenvalue weighted by Gasteiger charge is -2.36. The van der Waals surface area contributed by atoms with Crippen LogP contribution in [0.4, 0.5) is 14.5 Å². The molecule has 1 aliphatic heterocycles. The van der Waals surface area contributed by atoms with Crippen molar-refractivity contribution in [3.8, 4) is 11.3 Å². The molecule has 0 unspecified atom stereocenters. The highest BCUT2D eigenvalue weighted by Gasteiger charge is 2.25. The number of benzene rings is 2. The van der Waals surface area contributed by atoms with Gasteiger partial charge < -0.3 is 9.80 Å². The number of carbonyl (C=O) groups excluding carboxylic acids is 1. The molecule has 3 aromatic rings. The lowest BCUT2D eigenvalue weighted by molar-refractivity contribution is 0.0747. The number of rotatable bonds is 3. The Hall–Kier alpha value is -3.22. The molecular formula is C20H18F2N4O. The molecule has 1 saturated heterocycles. The fourth-order valence-corrected chi connectivity index (χ4v) is 3.27. The van der Waals surface area contributed by atoms with E-state index in [0.717, 1.165) is 5.69 Å². The third-order valence-corrected chi connectivity index (χ3v) is 4.76. The fourth-order valence-electron chi connectivity index (χ4n) is 3.27. The van der Waals surface area contributed by atoms with Crippen molar-refractivity contribution < 1.29 is 13.6 Å². The number of H-pyrrole nitrogens is 1. The van der Waals surface area contributed by atoms with Crippen LogP contribution < -0.4 is 4.90 Å². The van der Waals surface area contributed by atoms with Crippen LogP contribution in [0.25, 0.3) is 11.3 Å². The summed E-state index contributed by atoms with van der Waals surface area (Å²) in [5.41, 5.74) is 2.71. The summed E-state index contributed by atoms with van der Waals surface area (Å²) in [7, 11) is 0. The Balaban J connectivity index is 1.46. The molecule has 2 aromatic carbocycles. The van der Waals surface area contributed by atoms with Crippen molar-refractivity contribution in [3.63, 3.8) is 0 Å². The van der Waals surface area contributed by atoms with Gasteiger partial charge in [0, 0.05) is 37.4 Å². The quantitative estimate of drug-likeness (QED) is 0.772. The maximum absolute atomic E-state index is 13.2. The standard InChI is InChI=1S/C20H18F2N4O/c21-15-3-1-14(2-4-15)19-18(13-23-24-19)20(27)26-11-9-25(10-12-26)17-7-5-16(22)6-8-17/h1-8,13H,9-12H2,(H,23,24). The van der Waals surface area contributed by atoms with E-state index in [9.17, 15) is 13.6 Å². The van der Waals surface area contributed by atoms with Crippen molar-refractivity contribution in [1.29, 1.82) is 0 Å². The molecule has 0 saturated carbocycles. The van der Waals surface area contributed by atoms with Crippen LogP contribution >= 0.6 is 0 Å². The van der Waals surface area contributed by atoms with Crippen molar-refractivity contribution in [1.82, 2.24) is 15.1 Å². The number of carbonyl (C=O) groups is 1. The maximum atomic E-state index is 13.2. The Bertz CT molecular complexity index is 929. The molecule has 138 valence electrons. The smallest absolute Gasteiger partial charge is 0.257 e. The molecule has 0 spiro atoms. The fraction of sp³-hybridized carbons (Fsp3) is 0.200. The second kappa shape index (κ2) is 7.19. The summed E-state index contributed by atoms with van der Waals surface area (Å²) in [4.78, 5) is 16.8. The number of hydrogen-bond donors (Lipinski definition) is 1. The van der Waals surface area contributed by atoms with Crippen LogP contribution in [-0.4, -0.2) is 47.2 Å². The molecule has 1 aromatic heterocycles. The topological polar surface area (TPSA) is 52.2 Å². The first kappa shape index (κ1) is 17.2. The predicted octanol–water partition coefficient (Wildman–Crippen LogP) is 3.32. The second-order valence-electron chi connectivity index (χ2n) is 6.42.